The van der Waals surface area contributed by atoms with E-state index in [1.165, 1.54) is 4.31 Å². The molecule has 0 heterocycles. The lowest BCUT2D eigenvalue weighted by atomic mass is 10.2. The number of aryl methyl sites for hydroxylation is 1. The Bertz CT molecular complexity index is 893. The predicted molar refractivity (Wildman–Crippen MR) is 114 cm³/mol. The number of benzene rings is 2. The van der Waals surface area contributed by atoms with Crippen LogP contribution in [0.3, 0.4) is 0 Å². The first-order valence-electron chi connectivity index (χ1n) is 8.64. The summed E-state index contributed by atoms with van der Waals surface area (Å²) < 4.78 is 32.5. The summed E-state index contributed by atoms with van der Waals surface area (Å²) in [5.74, 6) is 0.741. The van der Waals surface area contributed by atoms with Crippen LogP contribution in [0.1, 0.15) is 19.4 Å². The number of sulfonamides is 1. The van der Waals surface area contributed by atoms with Gasteiger partial charge in [0.05, 0.1) is 12.8 Å². The van der Waals surface area contributed by atoms with E-state index in [4.69, 9.17) is 17.0 Å². The first-order valence-corrected chi connectivity index (χ1v) is 10.5. The molecule has 0 aromatic heterocycles. The second-order valence-corrected chi connectivity index (χ2v) is 8.21. The number of ether oxygens (including phenoxy) is 1. The number of nitrogens with one attached hydrogen (secondary N) is 2. The fourth-order valence-electron chi connectivity index (χ4n) is 2.61. The molecule has 0 saturated carbocycles. The smallest absolute Gasteiger partial charge is 0.245 e. The molecule has 0 aliphatic rings. The van der Waals surface area contributed by atoms with Gasteiger partial charge in [-0.2, -0.15) is 4.31 Å². The van der Waals surface area contributed by atoms with Crippen molar-refractivity contribution in [2.24, 2.45) is 0 Å². The predicted octanol–water partition coefficient (Wildman–Crippen LogP) is 3.84. The van der Waals surface area contributed by atoms with E-state index < -0.39 is 10.0 Å². The van der Waals surface area contributed by atoms with Crippen molar-refractivity contribution in [1.29, 1.82) is 0 Å². The highest BCUT2D eigenvalue weighted by Gasteiger charge is 2.25. The van der Waals surface area contributed by atoms with Crippen molar-refractivity contribution in [3.05, 3.63) is 48.0 Å². The molecule has 2 rings (SSSR count). The van der Waals surface area contributed by atoms with E-state index in [0.29, 0.717) is 23.9 Å². The van der Waals surface area contributed by atoms with Crippen molar-refractivity contribution in [3.8, 4) is 5.75 Å². The first kappa shape index (κ1) is 21.1. The molecule has 0 amide bonds. The second kappa shape index (κ2) is 9.16. The average Bonchev–Trinajstić information content (AvgIpc) is 2.64. The molecule has 0 fully saturated rings. The molecule has 0 saturated heterocycles. The molecule has 8 heteroatoms. The zero-order valence-corrected chi connectivity index (χ0v) is 17.6. The molecule has 0 bridgehead atoms. The molecule has 146 valence electrons. The van der Waals surface area contributed by atoms with Crippen LogP contribution in [0.15, 0.2) is 47.4 Å². The highest BCUT2D eigenvalue weighted by Crippen LogP contribution is 2.26. The Morgan fingerprint density at radius 3 is 2.26 bits per heavy atom. The Morgan fingerprint density at radius 1 is 1.07 bits per heavy atom. The Morgan fingerprint density at radius 2 is 1.70 bits per heavy atom. The largest absolute Gasteiger partial charge is 0.497 e. The third-order valence-electron chi connectivity index (χ3n) is 4.06. The highest BCUT2D eigenvalue weighted by atomic mass is 32.2. The minimum Gasteiger partial charge on any atom is -0.497 e. The van der Waals surface area contributed by atoms with Crippen LogP contribution in [0, 0.1) is 6.92 Å². The summed E-state index contributed by atoms with van der Waals surface area (Å²) in [6, 6.07) is 12.5. The third kappa shape index (κ3) is 5.18. The van der Waals surface area contributed by atoms with E-state index in [0.717, 1.165) is 17.0 Å². The molecule has 0 spiro atoms. The van der Waals surface area contributed by atoms with Gasteiger partial charge in [0.2, 0.25) is 10.0 Å². The van der Waals surface area contributed by atoms with Gasteiger partial charge < -0.3 is 15.4 Å². The van der Waals surface area contributed by atoms with Crippen LogP contribution in [0.5, 0.6) is 5.75 Å². The van der Waals surface area contributed by atoms with E-state index in [-0.39, 0.29) is 4.90 Å². The van der Waals surface area contributed by atoms with Gasteiger partial charge in [0.1, 0.15) is 10.6 Å². The SMILES string of the molecule is CCN(CC)S(=O)(=O)c1cc(C)ccc1NC(=S)Nc1ccc(OC)cc1. The Hall–Kier alpha value is -2.16. The first-order chi connectivity index (χ1) is 12.8. The topological polar surface area (TPSA) is 70.7 Å². The Balaban J connectivity index is 2.26. The lowest BCUT2D eigenvalue weighted by Gasteiger charge is -2.21. The lowest BCUT2D eigenvalue weighted by molar-refractivity contribution is 0.415. The zero-order valence-electron chi connectivity index (χ0n) is 15.9. The molecule has 0 atom stereocenters. The summed E-state index contributed by atoms with van der Waals surface area (Å²) in [7, 11) is -2.01. The molecule has 2 aromatic rings. The summed E-state index contributed by atoms with van der Waals surface area (Å²) in [5, 5.41) is 6.36. The van der Waals surface area contributed by atoms with E-state index in [2.05, 4.69) is 10.6 Å². The molecule has 0 aliphatic carbocycles. The van der Waals surface area contributed by atoms with Gasteiger partial charge in [-0.25, -0.2) is 8.42 Å². The van der Waals surface area contributed by atoms with Gasteiger partial charge in [-0.1, -0.05) is 19.9 Å². The molecule has 0 aliphatic heterocycles. The van der Waals surface area contributed by atoms with Crippen molar-refractivity contribution in [2.45, 2.75) is 25.7 Å². The standard InChI is InChI=1S/C19H25N3O3S2/c1-5-22(6-2)27(23,24)18-13-14(3)7-12-17(18)21-19(26)20-15-8-10-16(25-4)11-9-15/h7-13H,5-6H2,1-4H3,(H2,20,21,26). The number of hydrogen-bond donors (Lipinski definition) is 2. The summed E-state index contributed by atoms with van der Waals surface area (Å²) >= 11 is 5.36. The van der Waals surface area contributed by atoms with Crippen LogP contribution in [0.2, 0.25) is 0 Å². The normalized spacial score (nSPS) is 11.3. The Labute approximate surface area is 166 Å². The number of hydrogen-bond acceptors (Lipinski definition) is 4. The van der Waals surface area contributed by atoms with Crippen LogP contribution in [0.25, 0.3) is 0 Å². The Kier molecular flexibility index (Phi) is 7.18. The van der Waals surface area contributed by atoms with Crippen LogP contribution >= 0.6 is 12.2 Å². The molecule has 27 heavy (non-hydrogen) atoms. The van der Waals surface area contributed by atoms with E-state index in [1.807, 2.05) is 51.1 Å². The number of anilines is 2. The van der Waals surface area contributed by atoms with E-state index in [9.17, 15) is 8.42 Å². The van der Waals surface area contributed by atoms with Gasteiger partial charge in [-0.3, -0.25) is 0 Å². The lowest BCUT2D eigenvalue weighted by Crippen LogP contribution is -2.31. The van der Waals surface area contributed by atoms with Crippen LogP contribution in [-0.4, -0.2) is 38.0 Å². The third-order valence-corrected chi connectivity index (χ3v) is 6.35. The summed E-state index contributed by atoms with van der Waals surface area (Å²) in [4.78, 5) is 0.213. The molecule has 0 unspecified atom stereocenters. The summed E-state index contributed by atoms with van der Waals surface area (Å²) in [6.45, 7) is 6.31. The molecule has 0 radical (unpaired) electrons. The van der Waals surface area contributed by atoms with Crippen molar-refractivity contribution in [1.82, 2.24) is 4.31 Å². The second-order valence-electron chi connectivity index (χ2n) is 5.90. The van der Waals surface area contributed by atoms with Gasteiger partial charge in [-0.15, -0.1) is 0 Å². The van der Waals surface area contributed by atoms with Gasteiger partial charge in [0, 0.05) is 18.8 Å². The summed E-state index contributed by atoms with van der Waals surface area (Å²) in [5.41, 5.74) is 2.08. The number of methoxy groups -OCH3 is 1. The van der Waals surface area contributed by atoms with E-state index in [1.54, 1.807) is 19.2 Å². The van der Waals surface area contributed by atoms with Crippen LogP contribution in [-0.2, 0) is 10.0 Å². The maximum atomic E-state index is 13.0. The fraction of sp³-hybridized carbons (Fsp3) is 0.316. The molecule has 2 N–H and O–H groups in total. The monoisotopic (exact) mass is 407 g/mol. The molecular weight excluding hydrogens is 382 g/mol. The van der Waals surface area contributed by atoms with Gasteiger partial charge in [-0.05, 0) is 61.1 Å². The van der Waals surface area contributed by atoms with Gasteiger partial charge >= 0.3 is 0 Å². The number of rotatable bonds is 7. The minimum absolute atomic E-state index is 0.213. The maximum absolute atomic E-state index is 13.0. The molecular formula is C19H25N3O3S2. The van der Waals surface area contributed by atoms with Gasteiger partial charge in [0.25, 0.3) is 0 Å². The zero-order chi connectivity index (χ0) is 20.0. The van der Waals surface area contributed by atoms with Crippen LogP contribution in [0.4, 0.5) is 11.4 Å². The van der Waals surface area contributed by atoms with Crippen molar-refractivity contribution in [2.75, 3.05) is 30.8 Å². The number of nitrogens with zero attached hydrogens (tertiary/aromatic N) is 1. The fourth-order valence-corrected chi connectivity index (χ4v) is 4.53. The molecule has 6 nitrogen and oxygen atoms in total. The number of thiocarbonyl (C=S) groups is 1. The van der Waals surface area contributed by atoms with E-state index >= 15 is 0 Å². The quantitative estimate of drug-likeness (QED) is 0.680. The van der Waals surface area contributed by atoms with Gasteiger partial charge in [0.15, 0.2) is 5.11 Å². The van der Waals surface area contributed by atoms with Crippen molar-refractivity contribution >= 4 is 38.7 Å². The van der Waals surface area contributed by atoms with Crippen molar-refractivity contribution in [3.63, 3.8) is 0 Å². The van der Waals surface area contributed by atoms with Crippen molar-refractivity contribution < 1.29 is 13.2 Å². The van der Waals surface area contributed by atoms with Crippen LogP contribution < -0.4 is 15.4 Å². The maximum Gasteiger partial charge on any atom is 0.245 e. The molecule has 2 aromatic carbocycles. The highest BCUT2D eigenvalue weighted by molar-refractivity contribution is 7.89. The minimum atomic E-state index is -3.61. The summed E-state index contributed by atoms with van der Waals surface area (Å²) in [6.07, 6.45) is 0. The average molecular weight is 408 g/mol.